The highest BCUT2D eigenvalue weighted by Crippen LogP contribution is 2.09. The first kappa shape index (κ1) is 11.2. The van der Waals surface area contributed by atoms with Crippen molar-refractivity contribution >= 4 is 29.8 Å². The molecule has 78 valence electrons. The Bertz CT molecular complexity index is 246. The van der Waals surface area contributed by atoms with Crippen molar-refractivity contribution in [2.24, 2.45) is 4.40 Å². The molecule has 1 aliphatic rings. The number of rotatable bonds is 3. The fourth-order valence-electron chi connectivity index (χ4n) is 1.48. The van der Waals surface area contributed by atoms with Gasteiger partial charge in [0.25, 0.3) is 5.91 Å². The molecular formula is C9H15N3OS. The molecule has 14 heavy (non-hydrogen) atoms. The van der Waals surface area contributed by atoms with Crippen LogP contribution in [0.15, 0.2) is 4.40 Å². The molecule has 0 aliphatic carbocycles. The summed E-state index contributed by atoms with van der Waals surface area (Å²) in [6, 6.07) is 0. The summed E-state index contributed by atoms with van der Waals surface area (Å²) in [5.41, 5.74) is 0.249. The van der Waals surface area contributed by atoms with Crippen molar-refractivity contribution in [2.75, 3.05) is 19.3 Å². The van der Waals surface area contributed by atoms with Gasteiger partial charge in [-0.3, -0.25) is 4.79 Å². The van der Waals surface area contributed by atoms with Crippen LogP contribution >= 0.6 is 11.9 Å². The van der Waals surface area contributed by atoms with E-state index in [0.29, 0.717) is 0 Å². The van der Waals surface area contributed by atoms with Crippen molar-refractivity contribution < 1.29 is 4.79 Å². The van der Waals surface area contributed by atoms with Crippen LogP contribution in [0.25, 0.3) is 0 Å². The van der Waals surface area contributed by atoms with Crippen molar-refractivity contribution in [3.05, 3.63) is 0 Å². The molecule has 0 unspecified atom stereocenters. The fraction of sp³-hybridized carbons (Fsp3) is 0.667. The fourth-order valence-corrected chi connectivity index (χ4v) is 1.81. The third-order valence-corrected chi connectivity index (χ3v) is 2.57. The lowest BCUT2D eigenvalue weighted by Gasteiger charge is -2.26. The number of likely N-dealkylation sites (tertiary alicyclic amines) is 1. The van der Waals surface area contributed by atoms with E-state index in [4.69, 9.17) is 5.41 Å². The van der Waals surface area contributed by atoms with Crippen LogP contribution in [0, 0.1) is 5.41 Å². The van der Waals surface area contributed by atoms with E-state index in [2.05, 4.69) is 4.40 Å². The Kier molecular flexibility index (Phi) is 4.65. The summed E-state index contributed by atoms with van der Waals surface area (Å²) in [5, 5.41) is 7.10. The van der Waals surface area contributed by atoms with Gasteiger partial charge in [0.1, 0.15) is 0 Å². The number of nitrogens with one attached hydrogen (secondary N) is 1. The molecule has 1 heterocycles. The van der Waals surface area contributed by atoms with Crippen molar-refractivity contribution in [3.63, 3.8) is 0 Å². The Balaban J connectivity index is 2.61. The van der Waals surface area contributed by atoms with E-state index in [0.717, 1.165) is 32.1 Å². The second-order valence-corrected chi connectivity index (χ2v) is 3.70. The summed E-state index contributed by atoms with van der Waals surface area (Å²) in [7, 11) is 0. The highest BCUT2D eigenvalue weighted by atomic mass is 32.2. The zero-order chi connectivity index (χ0) is 10.4. The third kappa shape index (κ3) is 2.83. The zero-order valence-corrected chi connectivity index (χ0v) is 9.14. The molecule has 1 fully saturated rings. The van der Waals surface area contributed by atoms with Gasteiger partial charge in [0, 0.05) is 25.6 Å². The molecule has 0 radical (unpaired) electrons. The number of carbonyl (C=O) groups excluding carboxylic acids is 1. The molecule has 0 aromatic heterocycles. The van der Waals surface area contributed by atoms with Crippen molar-refractivity contribution in [1.82, 2.24) is 4.90 Å². The van der Waals surface area contributed by atoms with Gasteiger partial charge in [-0.1, -0.05) is 0 Å². The molecule has 5 heteroatoms. The maximum Gasteiger partial charge on any atom is 0.274 e. The van der Waals surface area contributed by atoms with Gasteiger partial charge in [0.2, 0.25) is 0 Å². The zero-order valence-electron chi connectivity index (χ0n) is 8.32. The van der Waals surface area contributed by atoms with E-state index in [9.17, 15) is 4.79 Å². The number of nitrogens with zero attached hydrogens (tertiary/aromatic N) is 2. The Hall–Kier alpha value is -0.840. The number of piperidine rings is 1. The van der Waals surface area contributed by atoms with Gasteiger partial charge < -0.3 is 10.3 Å². The number of hydrogen-bond acceptors (Lipinski definition) is 4. The first-order valence-electron chi connectivity index (χ1n) is 4.70. The first-order valence-corrected chi connectivity index (χ1v) is 5.88. The Morgan fingerprint density at radius 2 is 2.07 bits per heavy atom. The monoisotopic (exact) mass is 213 g/mol. The van der Waals surface area contributed by atoms with Gasteiger partial charge >= 0.3 is 0 Å². The summed E-state index contributed by atoms with van der Waals surface area (Å²) >= 11 is 1.22. The van der Waals surface area contributed by atoms with Crippen molar-refractivity contribution in [1.29, 1.82) is 5.41 Å². The molecule has 1 aliphatic heterocycles. The average molecular weight is 213 g/mol. The maximum atomic E-state index is 11.7. The van der Waals surface area contributed by atoms with Crippen LogP contribution in [-0.4, -0.2) is 42.1 Å². The maximum absolute atomic E-state index is 11.7. The topological polar surface area (TPSA) is 56.5 Å². The van der Waals surface area contributed by atoms with Crippen LogP contribution in [0.2, 0.25) is 0 Å². The lowest BCUT2D eigenvalue weighted by Crippen LogP contribution is -2.40. The summed E-state index contributed by atoms with van der Waals surface area (Å²) in [6.07, 6.45) is 6.15. The van der Waals surface area contributed by atoms with Crippen LogP contribution in [-0.2, 0) is 4.79 Å². The normalized spacial score (nSPS) is 18.1. The molecule has 0 aromatic rings. The van der Waals surface area contributed by atoms with Gasteiger partial charge in [-0.2, -0.15) is 0 Å². The molecule has 0 saturated carbocycles. The molecule has 4 nitrogen and oxygen atoms in total. The smallest absolute Gasteiger partial charge is 0.274 e. The summed E-state index contributed by atoms with van der Waals surface area (Å²) in [6.45, 7) is 1.61. The van der Waals surface area contributed by atoms with E-state index in [-0.39, 0.29) is 11.6 Å². The molecular weight excluding hydrogens is 198 g/mol. The average Bonchev–Trinajstić information content (AvgIpc) is 2.26. The molecule has 1 amide bonds. The summed E-state index contributed by atoms with van der Waals surface area (Å²) < 4.78 is 3.92. The largest absolute Gasteiger partial charge is 0.337 e. The van der Waals surface area contributed by atoms with Crippen LogP contribution in [0.1, 0.15) is 19.3 Å². The minimum atomic E-state index is -0.103. The predicted octanol–water partition coefficient (Wildman–Crippen LogP) is 1.37. The molecule has 0 aromatic carbocycles. The highest BCUT2D eigenvalue weighted by Gasteiger charge is 2.19. The lowest BCUT2D eigenvalue weighted by molar-refractivity contribution is -0.124. The van der Waals surface area contributed by atoms with E-state index in [1.807, 2.05) is 0 Å². The quantitative estimate of drug-likeness (QED) is 0.568. The summed E-state index contributed by atoms with van der Waals surface area (Å²) in [4.78, 5) is 13.5. The Morgan fingerprint density at radius 3 is 2.57 bits per heavy atom. The second kappa shape index (κ2) is 5.80. The lowest BCUT2D eigenvalue weighted by atomic mass is 10.1. The Morgan fingerprint density at radius 1 is 1.43 bits per heavy atom. The standard InChI is InChI=1S/C9H15N3OS/c1-14-11-8(7-10)9(13)12-5-3-2-4-6-12/h7,10H,2-6H2,1H3. The number of amides is 1. The molecule has 0 atom stereocenters. The van der Waals surface area contributed by atoms with Gasteiger partial charge in [-0.15, -0.1) is 0 Å². The second-order valence-electron chi connectivity index (χ2n) is 3.16. The third-order valence-electron chi connectivity index (χ3n) is 2.19. The van der Waals surface area contributed by atoms with E-state index in [1.54, 1.807) is 11.2 Å². The molecule has 0 spiro atoms. The molecule has 1 N–H and O–H groups in total. The van der Waals surface area contributed by atoms with Gasteiger partial charge in [-0.25, -0.2) is 4.40 Å². The van der Waals surface area contributed by atoms with Gasteiger partial charge in [-0.05, 0) is 31.2 Å². The van der Waals surface area contributed by atoms with E-state index in [1.165, 1.54) is 18.4 Å². The number of carbonyl (C=O) groups is 1. The first-order chi connectivity index (χ1) is 6.79. The summed E-state index contributed by atoms with van der Waals surface area (Å²) in [5.74, 6) is -0.103. The SMILES string of the molecule is CSN=C(C=N)C(=O)N1CCCCC1. The highest BCUT2D eigenvalue weighted by molar-refractivity contribution is 7.97. The van der Waals surface area contributed by atoms with Crippen LogP contribution in [0.4, 0.5) is 0 Å². The van der Waals surface area contributed by atoms with Crippen LogP contribution in [0.5, 0.6) is 0 Å². The number of hydrogen-bond donors (Lipinski definition) is 1. The van der Waals surface area contributed by atoms with E-state index >= 15 is 0 Å². The molecule has 0 bridgehead atoms. The van der Waals surface area contributed by atoms with E-state index < -0.39 is 0 Å². The molecule has 1 saturated heterocycles. The minimum Gasteiger partial charge on any atom is -0.337 e. The minimum absolute atomic E-state index is 0.103. The van der Waals surface area contributed by atoms with Gasteiger partial charge in [0.15, 0.2) is 5.71 Å². The van der Waals surface area contributed by atoms with Crippen molar-refractivity contribution in [3.8, 4) is 0 Å². The van der Waals surface area contributed by atoms with Gasteiger partial charge in [0.05, 0.1) is 0 Å². The van der Waals surface area contributed by atoms with Crippen LogP contribution < -0.4 is 0 Å². The molecule has 1 rings (SSSR count). The predicted molar refractivity (Wildman–Crippen MR) is 60.2 cm³/mol. The van der Waals surface area contributed by atoms with Crippen LogP contribution in [0.3, 0.4) is 0 Å². The van der Waals surface area contributed by atoms with Crippen molar-refractivity contribution in [2.45, 2.75) is 19.3 Å². The Labute approximate surface area is 88.4 Å².